The minimum absolute atomic E-state index is 0.731. The number of hydrogen-bond donors (Lipinski definition) is 0. The maximum absolute atomic E-state index is 5.94. The number of aromatic nitrogens is 2. The molecule has 0 radical (unpaired) electrons. The minimum Gasteiger partial charge on any atom is -0.227 e. The van der Waals surface area contributed by atoms with Crippen molar-refractivity contribution in [1.29, 1.82) is 0 Å². The maximum atomic E-state index is 5.94. The van der Waals surface area contributed by atoms with E-state index in [1.165, 1.54) is 0 Å². The molecule has 0 N–H and O–H groups in total. The predicted molar refractivity (Wildman–Crippen MR) is 93.3 cm³/mol. The second kappa shape index (κ2) is 5.52. The summed E-state index contributed by atoms with van der Waals surface area (Å²) < 4.78 is 1.09. The van der Waals surface area contributed by atoms with Crippen LogP contribution < -0.4 is 0 Å². The number of benzene rings is 2. The second-order valence-electron chi connectivity index (χ2n) is 4.91. The lowest BCUT2D eigenvalue weighted by Gasteiger charge is -1.99. The lowest BCUT2D eigenvalue weighted by atomic mass is 10.1. The van der Waals surface area contributed by atoms with E-state index in [4.69, 9.17) is 11.6 Å². The maximum Gasteiger partial charge on any atom is 0.171 e. The van der Waals surface area contributed by atoms with Crippen LogP contribution in [0.15, 0.2) is 66.7 Å². The van der Waals surface area contributed by atoms with Crippen LogP contribution in [0.25, 0.3) is 32.2 Å². The van der Waals surface area contributed by atoms with Gasteiger partial charge in [0.25, 0.3) is 0 Å². The number of hydrogen-bond acceptors (Lipinski definition) is 3. The second-order valence-corrected chi connectivity index (χ2v) is 6.38. The lowest BCUT2D eigenvalue weighted by molar-refractivity contribution is 1.32. The summed E-state index contributed by atoms with van der Waals surface area (Å²) in [6.45, 7) is 0. The molecule has 2 heterocycles. The van der Waals surface area contributed by atoms with Gasteiger partial charge in [0.05, 0.1) is 10.4 Å². The van der Waals surface area contributed by atoms with Gasteiger partial charge in [-0.05, 0) is 24.3 Å². The Morgan fingerprint density at radius 2 is 1.50 bits per heavy atom. The molecule has 0 amide bonds. The predicted octanol–water partition coefficient (Wildman–Crippen LogP) is 5.68. The SMILES string of the molecule is Clc1ccc(-c2nc3nc(-c4ccccc4)ccc3s2)cc1. The molecule has 2 aromatic heterocycles. The van der Waals surface area contributed by atoms with E-state index in [1.807, 2.05) is 48.5 Å². The summed E-state index contributed by atoms with van der Waals surface area (Å²) in [4.78, 5) is 9.35. The molecule has 0 unspecified atom stereocenters. The summed E-state index contributed by atoms with van der Waals surface area (Å²) in [6.07, 6.45) is 0. The van der Waals surface area contributed by atoms with Crippen molar-refractivity contribution < 1.29 is 0 Å². The van der Waals surface area contributed by atoms with Gasteiger partial charge in [-0.2, -0.15) is 0 Å². The molecule has 4 rings (SSSR count). The van der Waals surface area contributed by atoms with E-state index < -0.39 is 0 Å². The Hall–Kier alpha value is -2.23. The number of pyridine rings is 1. The first-order valence-electron chi connectivity index (χ1n) is 6.88. The fourth-order valence-corrected chi connectivity index (χ4v) is 3.34. The topological polar surface area (TPSA) is 25.8 Å². The van der Waals surface area contributed by atoms with Gasteiger partial charge in [-0.25, -0.2) is 9.97 Å². The van der Waals surface area contributed by atoms with Crippen LogP contribution in [0, 0.1) is 0 Å². The Labute approximate surface area is 137 Å². The van der Waals surface area contributed by atoms with E-state index >= 15 is 0 Å². The third-order valence-corrected chi connectivity index (χ3v) is 4.73. The average molecular weight is 323 g/mol. The zero-order valence-electron chi connectivity index (χ0n) is 11.5. The van der Waals surface area contributed by atoms with Gasteiger partial charge in [-0.3, -0.25) is 0 Å². The average Bonchev–Trinajstić information content (AvgIpc) is 2.99. The quantitative estimate of drug-likeness (QED) is 0.474. The Morgan fingerprint density at radius 1 is 0.727 bits per heavy atom. The van der Waals surface area contributed by atoms with Gasteiger partial charge in [0.1, 0.15) is 5.01 Å². The molecule has 0 fully saturated rings. The van der Waals surface area contributed by atoms with Crippen LogP contribution >= 0.6 is 22.9 Å². The van der Waals surface area contributed by atoms with Crippen molar-refractivity contribution in [1.82, 2.24) is 9.97 Å². The Morgan fingerprint density at radius 3 is 2.27 bits per heavy atom. The number of rotatable bonds is 2. The molecule has 0 saturated heterocycles. The highest BCUT2D eigenvalue weighted by atomic mass is 35.5. The molecule has 0 aliphatic heterocycles. The van der Waals surface area contributed by atoms with Crippen LogP contribution in [0.3, 0.4) is 0 Å². The summed E-state index contributed by atoms with van der Waals surface area (Å²) in [5.41, 5.74) is 3.90. The van der Waals surface area contributed by atoms with Crippen LogP contribution in [0.5, 0.6) is 0 Å². The largest absolute Gasteiger partial charge is 0.227 e. The van der Waals surface area contributed by atoms with Gasteiger partial charge < -0.3 is 0 Å². The zero-order valence-corrected chi connectivity index (χ0v) is 13.1. The van der Waals surface area contributed by atoms with Gasteiger partial charge in [0, 0.05) is 16.1 Å². The minimum atomic E-state index is 0.731. The fraction of sp³-hybridized carbons (Fsp3) is 0. The summed E-state index contributed by atoms with van der Waals surface area (Å²) in [5.74, 6) is 0. The monoisotopic (exact) mass is 322 g/mol. The zero-order chi connectivity index (χ0) is 14.9. The molecule has 106 valence electrons. The molecule has 4 aromatic rings. The van der Waals surface area contributed by atoms with Gasteiger partial charge in [-0.1, -0.05) is 54.1 Å². The molecule has 2 aromatic carbocycles. The van der Waals surface area contributed by atoms with E-state index in [-0.39, 0.29) is 0 Å². The number of thiazole rings is 1. The van der Waals surface area contributed by atoms with Gasteiger partial charge >= 0.3 is 0 Å². The third kappa shape index (κ3) is 2.49. The molecule has 4 heteroatoms. The first-order chi connectivity index (χ1) is 10.8. The number of fused-ring (bicyclic) bond motifs is 1. The van der Waals surface area contributed by atoms with Crippen LogP contribution in [-0.2, 0) is 0 Å². The van der Waals surface area contributed by atoms with Gasteiger partial charge in [0.15, 0.2) is 5.65 Å². The molecule has 0 aliphatic rings. The van der Waals surface area contributed by atoms with Crippen LogP contribution in [0.1, 0.15) is 0 Å². The lowest BCUT2D eigenvalue weighted by Crippen LogP contribution is -1.84. The highest BCUT2D eigenvalue weighted by molar-refractivity contribution is 7.21. The summed E-state index contributed by atoms with van der Waals surface area (Å²) in [6, 6.07) is 22.0. The third-order valence-electron chi connectivity index (χ3n) is 3.41. The van der Waals surface area contributed by atoms with E-state index in [0.29, 0.717) is 0 Å². The van der Waals surface area contributed by atoms with Gasteiger partial charge in [0.2, 0.25) is 0 Å². The first kappa shape index (κ1) is 13.4. The van der Waals surface area contributed by atoms with Crippen molar-refractivity contribution in [3.63, 3.8) is 0 Å². The van der Waals surface area contributed by atoms with Crippen molar-refractivity contribution in [2.45, 2.75) is 0 Å². The highest BCUT2D eigenvalue weighted by Crippen LogP contribution is 2.31. The van der Waals surface area contributed by atoms with Crippen molar-refractivity contribution in [2.75, 3.05) is 0 Å². The molecule has 22 heavy (non-hydrogen) atoms. The van der Waals surface area contributed by atoms with Crippen LogP contribution in [0.4, 0.5) is 0 Å². The van der Waals surface area contributed by atoms with Crippen molar-refractivity contribution >= 4 is 33.3 Å². The molecule has 0 spiro atoms. The molecular formula is C18H11ClN2S. The normalized spacial score (nSPS) is 11.0. The van der Waals surface area contributed by atoms with E-state index in [2.05, 4.69) is 28.2 Å². The Bertz CT molecular complexity index is 930. The van der Waals surface area contributed by atoms with Crippen molar-refractivity contribution in [3.05, 3.63) is 71.8 Å². The molecule has 0 aliphatic carbocycles. The summed E-state index contributed by atoms with van der Waals surface area (Å²) >= 11 is 7.58. The van der Waals surface area contributed by atoms with Crippen LogP contribution in [-0.4, -0.2) is 9.97 Å². The molecule has 0 saturated carbocycles. The smallest absolute Gasteiger partial charge is 0.171 e. The summed E-state index contributed by atoms with van der Waals surface area (Å²) in [7, 11) is 0. The molecule has 2 nitrogen and oxygen atoms in total. The summed E-state index contributed by atoms with van der Waals surface area (Å²) in [5, 5.41) is 1.69. The van der Waals surface area contributed by atoms with E-state index in [0.717, 1.165) is 37.2 Å². The van der Waals surface area contributed by atoms with E-state index in [1.54, 1.807) is 11.3 Å². The standard InChI is InChI=1S/C18H11ClN2S/c19-14-8-6-13(7-9-14)18-21-17-16(22-18)11-10-15(20-17)12-4-2-1-3-5-12/h1-11H. The Balaban J connectivity index is 1.80. The Kier molecular flexibility index (Phi) is 3.37. The van der Waals surface area contributed by atoms with E-state index in [9.17, 15) is 0 Å². The van der Waals surface area contributed by atoms with Crippen molar-refractivity contribution in [2.24, 2.45) is 0 Å². The highest BCUT2D eigenvalue weighted by Gasteiger charge is 2.09. The van der Waals surface area contributed by atoms with Crippen molar-refractivity contribution in [3.8, 4) is 21.8 Å². The van der Waals surface area contributed by atoms with Crippen LogP contribution in [0.2, 0.25) is 5.02 Å². The first-order valence-corrected chi connectivity index (χ1v) is 8.08. The number of nitrogens with zero attached hydrogens (tertiary/aromatic N) is 2. The van der Waals surface area contributed by atoms with Gasteiger partial charge in [-0.15, -0.1) is 11.3 Å². The fourth-order valence-electron chi connectivity index (χ4n) is 2.30. The molecular weight excluding hydrogens is 312 g/mol. The molecule has 0 atom stereocenters. The molecule has 0 bridgehead atoms. The number of halogens is 1.